The van der Waals surface area contributed by atoms with Gasteiger partial charge >= 0.3 is 0 Å². The molecule has 0 aliphatic carbocycles. The van der Waals surface area contributed by atoms with Crippen LogP contribution < -0.4 is 5.43 Å². The lowest BCUT2D eigenvalue weighted by molar-refractivity contribution is 0.113. The van der Waals surface area contributed by atoms with E-state index < -0.39 is 0 Å². The SMILES string of the molecule is CC(C)C1C(Cl)CNN1C(C)C. The van der Waals surface area contributed by atoms with Gasteiger partial charge in [0, 0.05) is 18.6 Å². The number of hydrogen-bond donors (Lipinski definition) is 1. The number of rotatable bonds is 2. The molecule has 1 saturated heterocycles. The third kappa shape index (κ3) is 1.93. The third-order valence-electron chi connectivity index (χ3n) is 2.40. The molecule has 12 heavy (non-hydrogen) atoms. The Labute approximate surface area is 80.2 Å². The Morgan fingerprint density at radius 1 is 1.33 bits per heavy atom. The van der Waals surface area contributed by atoms with Crippen LogP contribution in [0.15, 0.2) is 0 Å². The summed E-state index contributed by atoms with van der Waals surface area (Å²) in [6.45, 7) is 9.74. The van der Waals surface area contributed by atoms with Crippen molar-refractivity contribution >= 4 is 11.6 Å². The molecule has 0 aromatic carbocycles. The molecular formula is C9H19ClN2. The fourth-order valence-electron chi connectivity index (χ4n) is 1.86. The Bertz CT molecular complexity index is 147. The lowest BCUT2D eigenvalue weighted by Gasteiger charge is -2.31. The summed E-state index contributed by atoms with van der Waals surface area (Å²) in [7, 11) is 0. The van der Waals surface area contributed by atoms with Crippen molar-refractivity contribution in [1.29, 1.82) is 0 Å². The Hall–Kier alpha value is 0.210. The second-order valence-electron chi connectivity index (χ2n) is 4.11. The number of alkyl halides is 1. The zero-order chi connectivity index (χ0) is 9.30. The number of halogens is 1. The summed E-state index contributed by atoms with van der Waals surface area (Å²) in [5.74, 6) is 0.616. The van der Waals surface area contributed by atoms with Gasteiger partial charge in [0.2, 0.25) is 0 Å². The minimum absolute atomic E-state index is 0.257. The van der Waals surface area contributed by atoms with E-state index >= 15 is 0 Å². The van der Waals surface area contributed by atoms with E-state index in [4.69, 9.17) is 11.6 Å². The Kier molecular flexibility index (Phi) is 3.38. The third-order valence-corrected chi connectivity index (χ3v) is 2.81. The lowest BCUT2D eigenvalue weighted by Crippen LogP contribution is -2.46. The maximum atomic E-state index is 6.21. The van der Waals surface area contributed by atoms with Crippen LogP contribution in [-0.4, -0.2) is 29.0 Å². The van der Waals surface area contributed by atoms with E-state index in [-0.39, 0.29) is 5.38 Å². The zero-order valence-corrected chi connectivity index (χ0v) is 9.10. The summed E-state index contributed by atoms with van der Waals surface area (Å²) in [6.07, 6.45) is 0. The van der Waals surface area contributed by atoms with E-state index in [1.807, 2.05) is 0 Å². The molecule has 1 fully saturated rings. The number of hydrazine groups is 1. The zero-order valence-electron chi connectivity index (χ0n) is 8.34. The van der Waals surface area contributed by atoms with E-state index in [1.54, 1.807) is 0 Å². The maximum absolute atomic E-state index is 6.21. The summed E-state index contributed by atoms with van der Waals surface area (Å²) in [6, 6.07) is 1.01. The van der Waals surface area contributed by atoms with Gasteiger partial charge in [0.05, 0.1) is 5.38 Å². The maximum Gasteiger partial charge on any atom is 0.0646 e. The number of nitrogens with zero attached hydrogens (tertiary/aromatic N) is 1. The average molecular weight is 191 g/mol. The van der Waals surface area contributed by atoms with Crippen LogP contribution in [0.2, 0.25) is 0 Å². The van der Waals surface area contributed by atoms with E-state index in [9.17, 15) is 0 Å². The minimum Gasteiger partial charge on any atom is -0.253 e. The molecule has 2 nitrogen and oxygen atoms in total. The van der Waals surface area contributed by atoms with Gasteiger partial charge in [0.1, 0.15) is 0 Å². The highest BCUT2D eigenvalue weighted by atomic mass is 35.5. The summed E-state index contributed by atoms with van der Waals surface area (Å²) in [4.78, 5) is 0. The molecule has 0 saturated carbocycles. The molecule has 2 unspecified atom stereocenters. The summed E-state index contributed by atoms with van der Waals surface area (Å²) < 4.78 is 0. The van der Waals surface area contributed by atoms with Crippen LogP contribution in [0.1, 0.15) is 27.7 Å². The smallest absolute Gasteiger partial charge is 0.0646 e. The van der Waals surface area contributed by atoms with Crippen molar-refractivity contribution < 1.29 is 0 Å². The molecule has 0 bridgehead atoms. The molecule has 0 aromatic rings. The highest BCUT2D eigenvalue weighted by molar-refractivity contribution is 6.21. The molecular weight excluding hydrogens is 172 g/mol. The monoisotopic (exact) mass is 190 g/mol. The van der Waals surface area contributed by atoms with Crippen LogP contribution in [0, 0.1) is 5.92 Å². The minimum atomic E-state index is 0.257. The molecule has 3 heteroatoms. The molecule has 0 radical (unpaired) electrons. The molecule has 1 aliphatic heterocycles. The molecule has 1 N–H and O–H groups in total. The second kappa shape index (κ2) is 3.95. The first kappa shape index (κ1) is 10.3. The predicted octanol–water partition coefficient (Wildman–Crippen LogP) is 1.85. The van der Waals surface area contributed by atoms with Crippen LogP contribution in [0.25, 0.3) is 0 Å². The average Bonchev–Trinajstić information content (AvgIpc) is 2.30. The highest BCUT2D eigenvalue weighted by Crippen LogP contribution is 2.23. The number of hydrogen-bond acceptors (Lipinski definition) is 2. The van der Waals surface area contributed by atoms with Crippen molar-refractivity contribution in [3.05, 3.63) is 0 Å². The van der Waals surface area contributed by atoms with Gasteiger partial charge in [-0.15, -0.1) is 11.6 Å². The standard InChI is InChI=1S/C9H19ClN2/c1-6(2)9-8(10)5-11-12(9)7(3)4/h6-9,11H,5H2,1-4H3. The fraction of sp³-hybridized carbons (Fsp3) is 1.00. The largest absolute Gasteiger partial charge is 0.253 e. The molecule has 1 heterocycles. The van der Waals surface area contributed by atoms with Crippen molar-refractivity contribution in [3.63, 3.8) is 0 Å². The van der Waals surface area contributed by atoms with Gasteiger partial charge in [-0.3, -0.25) is 5.43 Å². The van der Waals surface area contributed by atoms with Crippen LogP contribution >= 0.6 is 11.6 Å². The Morgan fingerprint density at radius 3 is 2.25 bits per heavy atom. The van der Waals surface area contributed by atoms with Gasteiger partial charge in [0.15, 0.2) is 0 Å². The topological polar surface area (TPSA) is 15.3 Å². The van der Waals surface area contributed by atoms with Crippen LogP contribution in [-0.2, 0) is 0 Å². The van der Waals surface area contributed by atoms with E-state index in [1.165, 1.54) is 0 Å². The lowest BCUT2D eigenvalue weighted by atomic mass is 10.0. The summed E-state index contributed by atoms with van der Waals surface area (Å²) in [5, 5.41) is 2.54. The predicted molar refractivity (Wildman–Crippen MR) is 53.2 cm³/mol. The van der Waals surface area contributed by atoms with Crippen molar-refractivity contribution in [2.24, 2.45) is 5.92 Å². The Morgan fingerprint density at radius 2 is 1.92 bits per heavy atom. The first-order valence-corrected chi connectivity index (χ1v) is 5.13. The van der Waals surface area contributed by atoms with Gasteiger partial charge in [-0.25, -0.2) is 5.01 Å². The van der Waals surface area contributed by atoms with Crippen LogP contribution in [0.5, 0.6) is 0 Å². The summed E-state index contributed by atoms with van der Waals surface area (Å²) in [5.41, 5.74) is 3.34. The van der Waals surface area contributed by atoms with E-state index in [0.29, 0.717) is 18.0 Å². The van der Waals surface area contributed by atoms with Gasteiger partial charge in [-0.2, -0.15) is 0 Å². The van der Waals surface area contributed by atoms with Crippen molar-refractivity contribution in [2.75, 3.05) is 6.54 Å². The first-order valence-electron chi connectivity index (χ1n) is 4.70. The van der Waals surface area contributed by atoms with Gasteiger partial charge in [0.25, 0.3) is 0 Å². The van der Waals surface area contributed by atoms with Crippen LogP contribution in [0.3, 0.4) is 0 Å². The molecule has 0 aromatic heterocycles. The number of nitrogens with one attached hydrogen (secondary N) is 1. The molecule has 1 rings (SSSR count). The normalized spacial score (nSPS) is 32.2. The van der Waals surface area contributed by atoms with Crippen molar-refractivity contribution in [2.45, 2.75) is 45.2 Å². The molecule has 2 atom stereocenters. The molecule has 72 valence electrons. The van der Waals surface area contributed by atoms with Crippen LogP contribution in [0.4, 0.5) is 0 Å². The molecule has 1 aliphatic rings. The van der Waals surface area contributed by atoms with E-state index in [2.05, 4.69) is 38.1 Å². The molecule has 0 spiro atoms. The molecule has 0 amide bonds. The van der Waals surface area contributed by atoms with Gasteiger partial charge in [-0.05, 0) is 19.8 Å². The van der Waals surface area contributed by atoms with Crippen molar-refractivity contribution in [3.8, 4) is 0 Å². The van der Waals surface area contributed by atoms with E-state index in [0.717, 1.165) is 6.54 Å². The first-order chi connectivity index (χ1) is 5.54. The van der Waals surface area contributed by atoms with Crippen molar-refractivity contribution in [1.82, 2.24) is 10.4 Å². The van der Waals surface area contributed by atoms with Gasteiger partial charge < -0.3 is 0 Å². The second-order valence-corrected chi connectivity index (χ2v) is 4.67. The summed E-state index contributed by atoms with van der Waals surface area (Å²) >= 11 is 6.21. The van der Waals surface area contributed by atoms with Gasteiger partial charge in [-0.1, -0.05) is 13.8 Å². The quantitative estimate of drug-likeness (QED) is 0.669. The Balaban J connectivity index is 2.64. The fourth-order valence-corrected chi connectivity index (χ4v) is 2.34. The highest BCUT2D eigenvalue weighted by Gasteiger charge is 2.35.